The molecule has 1 unspecified atom stereocenters. The van der Waals surface area contributed by atoms with E-state index >= 15 is 0 Å². The van der Waals surface area contributed by atoms with E-state index in [1.54, 1.807) is 12.3 Å². The van der Waals surface area contributed by atoms with E-state index in [1.807, 2.05) is 22.7 Å². The fourth-order valence-electron chi connectivity index (χ4n) is 3.07. The number of hydrogen-bond acceptors (Lipinski definition) is 7. The number of thioether (sulfide) groups is 1. The van der Waals surface area contributed by atoms with Gasteiger partial charge in [0.25, 0.3) is 5.91 Å². The number of aliphatic hydroxyl groups is 1. The largest absolute Gasteiger partial charge is 0.473 e. The van der Waals surface area contributed by atoms with Crippen LogP contribution in [-0.2, 0) is 4.74 Å². The lowest BCUT2D eigenvalue weighted by atomic mass is 10.2. The van der Waals surface area contributed by atoms with Crippen molar-refractivity contribution in [2.75, 3.05) is 64.1 Å². The maximum Gasteiger partial charge on any atom is 0.255 e. The van der Waals surface area contributed by atoms with Gasteiger partial charge in [-0.25, -0.2) is 4.98 Å². The lowest BCUT2D eigenvalue weighted by Gasteiger charge is -2.34. The second kappa shape index (κ2) is 10.1. The van der Waals surface area contributed by atoms with Crippen molar-refractivity contribution in [2.24, 2.45) is 0 Å². The molecule has 1 atom stereocenters. The fraction of sp³-hybridized carbons (Fsp3) is 0.667. The van der Waals surface area contributed by atoms with Crippen molar-refractivity contribution in [3.63, 3.8) is 0 Å². The lowest BCUT2D eigenvalue weighted by Crippen LogP contribution is -2.49. The van der Waals surface area contributed by atoms with Gasteiger partial charge in [0, 0.05) is 50.7 Å². The van der Waals surface area contributed by atoms with Crippen LogP contribution in [0.3, 0.4) is 0 Å². The molecule has 3 rings (SSSR count). The summed E-state index contributed by atoms with van der Waals surface area (Å²) in [7, 11) is 0. The van der Waals surface area contributed by atoms with Crippen LogP contribution in [0.5, 0.6) is 5.88 Å². The summed E-state index contributed by atoms with van der Waals surface area (Å²) < 4.78 is 11.1. The lowest BCUT2D eigenvalue weighted by molar-refractivity contribution is 0.0486. The third-order valence-corrected chi connectivity index (χ3v) is 5.74. The minimum atomic E-state index is 0.0247. The van der Waals surface area contributed by atoms with Gasteiger partial charge in [-0.2, -0.15) is 11.8 Å². The Morgan fingerprint density at radius 3 is 2.77 bits per heavy atom. The summed E-state index contributed by atoms with van der Waals surface area (Å²) >= 11 is 1.90. The Labute approximate surface area is 158 Å². The third kappa shape index (κ3) is 5.57. The molecule has 26 heavy (non-hydrogen) atoms. The van der Waals surface area contributed by atoms with E-state index in [2.05, 4.69) is 9.88 Å². The average Bonchev–Trinajstić information content (AvgIpc) is 3.19. The maximum atomic E-state index is 12.6. The molecule has 1 N–H and O–H groups in total. The first kappa shape index (κ1) is 19.4. The molecule has 1 amide bonds. The number of hydrogen-bond donors (Lipinski definition) is 1. The summed E-state index contributed by atoms with van der Waals surface area (Å²) in [6, 6.07) is 3.60. The zero-order chi connectivity index (χ0) is 18.2. The van der Waals surface area contributed by atoms with Gasteiger partial charge < -0.3 is 19.5 Å². The van der Waals surface area contributed by atoms with Crippen molar-refractivity contribution in [1.29, 1.82) is 0 Å². The van der Waals surface area contributed by atoms with Crippen LogP contribution in [0.15, 0.2) is 18.3 Å². The number of rotatable bonds is 8. The zero-order valence-corrected chi connectivity index (χ0v) is 15.8. The second-order valence-electron chi connectivity index (χ2n) is 6.46. The minimum Gasteiger partial charge on any atom is -0.473 e. The van der Waals surface area contributed by atoms with Crippen molar-refractivity contribution in [2.45, 2.75) is 12.5 Å². The number of carbonyl (C=O) groups excluding carboxylic acids is 1. The van der Waals surface area contributed by atoms with Gasteiger partial charge in [-0.1, -0.05) is 0 Å². The molecule has 3 heterocycles. The summed E-state index contributed by atoms with van der Waals surface area (Å²) in [5, 5.41) is 8.70. The molecule has 1 aromatic heterocycles. The fourth-order valence-corrected chi connectivity index (χ4v) is 4.16. The molecule has 1 aromatic rings. The number of ether oxygens (including phenoxy) is 2. The molecule has 2 aliphatic heterocycles. The standard InChI is InChI=1S/C18H27N3O4S/c22-9-11-24-10-8-20-4-6-21(7-5-20)18(23)15-1-2-17(19-13-15)25-16-3-12-26-14-16/h1-2,13,16,22H,3-12,14H2. The summed E-state index contributed by atoms with van der Waals surface area (Å²) in [5.74, 6) is 2.77. The number of aromatic nitrogens is 1. The zero-order valence-electron chi connectivity index (χ0n) is 15.0. The van der Waals surface area contributed by atoms with E-state index < -0.39 is 0 Å². The number of nitrogens with zero attached hydrogens (tertiary/aromatic N) is 3. The number of pyridine rings is 1. The first-order valence-corrected chi connectivity index (χ1v) is 10.3. The van der Waals surface area contributed by atoms with Gasteiger partial charge in [0.1, 0.15) is 6.10 Å². The van der Waals surface area contributed by atoms with Gasteiger partial charge in [-0.05, 0) is 18.2 Å². The van der Waals surface area contributed by atoms with Gasteiger partial charge in [-0.15, -0.1) is 0 Å². The summed E-state index contributed by atoms with van der Waals surface area (Å²) in [6.07, 6.45) is 2.92. The van der Waals surface area contributed by atoms with E-state index in [9.17, 15) is 4.79 Å². The van der Waals surface area contributed by atoms with Crippen LogP contribution >= 0.6 is 11.8 Å². The molecule has 2 saturated heterocycles. The highest BCUT2D eigenvalue weighted by Gasteiger charge is 2.23. The smallest absolute Gasteiger partial charge is 0.255 e. The molecule has 144 valence electrons. The Hall–Kier alpha value is -1.35. The number of amides is 1. The number of carbonyl (C=O) groups is 1. The van der Waals surface area contributed by atoms with Gasteiger partial charge in [0.15, 0.2) is 0 Å². The Morgan fingerprint density at radius 1 is 1.27 bits per heavy atom. The maximum absolute atomic E-state index is 12.6. The minimum absolute atomic E-state index is 0.0247. The Morgan fingerprint density at radius 2 is 2.12 bits per heavy atom. The highest BCUT2D eigenvalue weighted by molar-refractivity contribution is 7.99. The second-order valence-corrected chi connectivity index (χ2v) is 7.61. The molecule has 0 spiro atoms. The molecule has 0 saturated carbocycles. The van der Waals surface area contributed by atoms with Gasteiger partial charge in [0.05, 0.1) is 25.4 Å². The van der Waals surface area contributed by atoms with Crippen molar-refractivity contribution in [3.8, 4) is 5.88 Å². The van der Waals surface area contributed by atoms with Crippen LogP contribution in [0.2, 0.25) is 0 Å². The monoisotopic (exact) mass is 381 g/mol. The normalized spacial score (nSPS) is 21.1. The topological polar surface area (TPSA) is 75.1 Å². The molecular formula is C18H27N3O4S. The number of piperazine rings is 1. The van der Waals surface area contributed by atoms with Crippen molar-refractivity contribution >= 4 is 17.7 Å². The van der Waals surface area contributed by atoms with Crippen LogP contribution < -0.4 is 4.74 Å². The molecule has 7 nitrogen and oxygen atoms in total. The summed E-state index contributed by atoms with van der Waals surface area (Å²) in [5.41, 5.74) is 0.609. The summed E-state index contributed by atoms with van der Waals surface area (Å²) in [6.45, 7) is 4.95. The van der Waals surface area contributed by atoms with Gasteiger partial charge >= 0.3 is 0 Å². The molecule has 2 fully saturated rings. The predicted octanol–water partition coefficient (Wildman–Crippen LogP) is 0.733. The van der Waals surface area contributed by atoms with Crippen LogP contribution in [0, 0.1) is 0 Å². The van der Waals surface area contributed by atoms with Crippen LogP contribution in [0.4, 0.5) is 0 Å². The van der Waals surface area contributed by atoms with Crippen molar-refractivity contribution in [3.05, 3.63) is 23.9 Å². The average molecular weight is 381 g/mol. The Bertz CT molecular complexity index is 558. The highest BCUT2D eigenvalue weighted by Crippen LogP contribution is 2.22. The van der Waals surface area contributed by atoms with E-state index in [-0.39, 0.29) is 18.6 Å². The predicted molar refractivity (Wildman–Crippen MR) is 101 cm³/mol. The molecule has 8 heteroatoms. The first-order chi connectivity index (χ1) is 12.8. The third-order valence-electron chi connectivity index (χ3n) is 4.61. The van der Waals surface area contributed by atoms with Crippen molar-refractivity contribution in [1.82, 2.24) is 14.8 Å². The van der Waals surface area contributed by atoms with Crippen LogP contribution in [0.1, 0.15) is 16.8 Å². The van der Waals surface area contributed by atoms with E-state index in [0.717, 1.165) is 37.6 Å². The molecule has 0 radical (unpaired) electrons. The first-order valence-electron chi connectivity index (χ1n) is 9.17. The molecule has 2 aliphatic rings. The van der Waals surface area contributed by atoms with Gasteiger partial charge in [-0.3, -0.25) is 9.69 Å². The highest BCUT2D eigenvalue weighted by atomic mass is 32.2. The number of aliphatic hydroxyl groups excluding tert-OH is 1. The Balaban J connectivity index is 1.43. The van der Waals surface area contributed by atoms with E-state index in [0.29, 0.717) is 37.7 Å². The van der Waals surface area contributed by atoms with E-state index in [4.69, 9.17) is 14.6 Å². The molecular weight excluding hydrogens is 354 g/mol. The Kier molecular flexibility index (Phi) is 7.55. The molecule has 0 aliphatic carbocycles. The van der Waals surface area contributed by atoms with Crippen LogP contribution in [0.25, 0.3) is 0 Å². The quantitative estimate of drug-likeness (QED) is 0.666. The summed E-state index contributed by atoms with van der Waals surface area (Å²) in [4.78, 5) is 21.1. The SMILES string of the molecule is O=C(c1ccc(OC2CCSC2)nc1)N1CCN(CCOCCO)CC1. The van der Waals surface area contributed by atoms with Crippen molar-refractivity contribution < 1.29 is 19.4 Å². The van der Waals surface area contributed by atoms with Crippen LogP contribution in [-0.4, -0.2) is 96.0 Å². The van der Waals surface area contributed by atoms with Gasteiger partial charge in [0.2, 0.25) is 5.88 Å². The molecule has 0 bridgehead atoms. The van der Waals surface area contributed by atoms with E-state index in [1.165, 1.54) is 0 Å². The molecule has 0 aromatic carbocycles.